The molecule has 1 N–H and O–H groups in total. The molecule has 0 amide bonds. The van der Waals surface area contributed by atoms with Crippen LogP contribution < -0.4 is 0 Å². The number of hydrogen-bond donors (Lipinski definition) is 1. The van der Waals surface area contributed by atoms with Gasteiger partial charge in [-0.3, -0.25) is 4.79 Å². The van der Waals surface area contributed by atoms with Crippen molar-refractivity contribution in [1.82, 2.24) is 0 Å². The Morgan fingerprint density at radius 1 is 1.33 bits per heavy atom. The Morgan fingerprint density at radius 2 is 2.20 bits per heavy atom. The number of carboxylic acids is 1. The van der Waals surface area contributed by atoms with E-state index in [1.807, 2.05) is 0 Å². The third-order valence-corrected chi connectivity index (χ3v) is 2.13. The van der Waals surface area contributed by atoms with Gasteiger partial charge in [-0.05, 0) is 19.3 Å². The predicted octanol–water partition coefficient (Wildman–Crippen LogP) is 1.02. The van der Waals surface area contributed by atoms with Gasteiger partial charge in [-0.25, -0.2) is 0 Å². The van der Waals surface area contributed by atoms with Crippen LogP contribution in [0.25, 0.3) is 0 Å². The van der Waals surface area contributed by atoms with Gasteiger partial charge in [0.1, 0.15) is 0 Å². The molecule has 0 aliphatic carbocycles. The second-order valence-electron chi connectivity index (χ2n) is 3.42. The van der Waals surface area contributed by atoms with Crippen molar-refractivity contribution in [1.29, 1.82) is 0 Å². The first kappa shape index (κ1) is 12.4. The maximum absolute atomic E-state index is 10.1. The van der Waals surface area contributed by atoms with E-state index in [0.29, 0.717) is 13.2 Å². The van der Waals surface area contributed by atoms with Gasteiger partial charge in [-0.15, -0.1) is 0 Å². The van der Waals surface area contributed by atoms with Crippen molar-refractivity contribution in [3.05, 3.63) is 0 Å². The molecule has 0 aromatic rings. The normalized spacial score (nSPS) is 21.5. The van der Waals surface area contributed by atoms with Crippen molar-refractivity contribution in [2.75, 3.05) is 26.4 Å². The lowest BCUT2D eigenvalue weighted by molar-refractivity contribution is -0.169. The highest BCUT2D eigenvalue weighted by molar-refractivity contribution is 5.66. The van der Waals surface area contributed by atoms with E-state index in [1.54, 1.807) is 0 Å². The van der Waals surface area contributed by atoms with Crippen molar-refractivity contribution in [2.45, 2.75) is 32.0 Å². The van der Waals surface area contributed by atoms with Crippen molar-refractivity contribution < 1.29 is 24.1 Å². The zero-order valence-electron chi connectivity index (χ0n) is 8.81. The smallest absolute Gasteiger partial charge is 0.305 e. The van der Waals surface area contributed by atoms with Crippen LogP contribution in [0.15, 0.2) is 0 Å². The zero-order chi connectivity index (χ0) is 10.9. The first-order valence-electron chi connectivity index (χ1n) is 5.32. The number of carbonyl (C=O) groups is 1. The molecule has 88 valence electrons. The molecule has 0 spiro atoms. The monoisotopic (exact) mass is 218 g/mol. The summed E-state index contributed by atoms with van der Waals surface area (Å²) in [6.07, 6.45) is 3.14. The van der Waals surface area contributed by atoms with Gasteiger partial charge in [0.2, 0.25) is 0 Å². The van der Waals surface area contributed by atoms with Crippen LogP contribution in [-0.4, -0.2) is 43.8 Å². The van der Waals surface area contributed by atoms with Crippen LogP contribution in [0.1, 0.15) is 25.7 Å². The largest absolute Gasteiger partial charge is 0.481 e. The molecule has 5 heteroatoms. The van der Waals surface area contributed by atoms with E-state index in [4.69, 9.17) is 19.3 Å². The van der Waals surface area contributed by atoms with Crippen LogP contribution in [0.3, 0.4) is 0 Å². The highest BCUT2D eigenvalue weighted by atomic mass is 16.7. The molecule has 0 aromatic heterocycles. The second-order valence-corrected chi connectivity index (χ2v) is 3.42. The molecule has 1 fully saturated rings. The standard InChI is InChI=1S/C10H18O5/c11-9(12)4-6-13-7-8-15-10-3-1-2-5-14-10/h10H,1-8H2,(H,11,12). The molecule has 1 heterocycles. The number of rotatable bonds is 7. The maximum atomic E-state index is 10.1. The Kier molecular flexibility index (Phi) is 6.31. The van der Waals surface area contributed by atoms with Crippen LogP contribution in [0.2, 0.25) is 0 Å². The van der Waals surface area contributed by atoms with Crippen LogP contribution in [-0.2, 0) is 19.0 Å². The van der Waals surface area contributed by atoms with E-state index in [9.17, 15) is 4.79 Å². The minimum Gasteiger partial charge on any atom is -0.481 e. The highest BCUT2D eigenvalue weighted by Crippen LogP contribution is 2.13. The van der Waals surface area contributed by atoms with Crippen molar-refractivity contribution >= 4 is 5.97 Å². The van der Waals surface area contributed by atoms with Gasteiger partial charge in [-0.2, -0.15) is 0 Å². The number of aliphatic carboxylic acids is 1. The van der Waals surface area contributed by atoms with Crippen molar-refractivity contribution in [3.63, 3.8) is 0 Å². The molecule has 0 saturated carbocycles. The summed E-state index contributed by atoms with van der Waals surface area (Å²) < 4.78 is 15.8. The fourth-order valence-electron chi connectivity index (χ4n) is 1.34. The Hall–Kier alpha value is -0.650. The molecule has 5 nitrogen and oxygen atoms in total. The lowest BCUT2D eigenvalue weighted by Gasteiger charge is -2.22. The van der Waals surface area contributed by atoms with Crippen LogP contribution in [0.5, 0.6) is 0 Å². The summed E-state index contributed by atoms with van der Waals surface area (Å²) in [6, 6.07) is 0. The molecule has 0 bridgehead atoms. The lowest BCUT2D eigenvalue weighted by atomic mass is 10.2. The van der Waals surface area contributed by atoms with Gasteiger partial charge in [0.25, 0.3) is 0 Å². The van der Waals surface area contributed by atoms with E-state index in [-0.39, 0.29) is 19.3 Å². The average Bonchev–Trinajstić information content (AvgIpc) is 2.24. The van der Waals surface area contributed by atoms with Gasteiger partial charge in [0.15, 0.2) is 6.29 Å². The Bertz CT molecular complexity index is 177. The molecule has 1 aliphatic rings. The van der Waals surface area contributed by atoms with Gasteiger partial charge in [-0.1, -0.05) is 0 Å². The Balaban J connectivity index is 1.85. The summed E-state index contributed by atoms with van der Waals surface area (Å²) in [5.41, 5.74) is 0. The first-order valence-corrected chi connectivity index (χ1v) is 5.32. The number of hydrogen-bond acceptors (Lipinski definition) is 4. The average molecular weight is 218 g/mol. The summed E-state index contributed by atoms with van der Waals surface area (Å²) in [4.78, 5) is 10.1. The molecule has 15 heavy (non-hydrogen) atoms. The van der Waals surface area contributed by atoms with Crippen LogP contribution >= 0.6 is 0 Å². The maximum Gasteiger partial charge on any atom is 0.305 e. The molecule has 1 unspecified atom stereocenters. The lowest BCUT2D eigenvalue weighted by Crippen LogP contribution is -2.24. The molecule has 1 rings (SSSR count). The molecule has 1 atom stereocenters. The second kappa shape index (κ2) is 7.62. The van der Waals surface area contributed by atoms with Crippen molar-refractivity contribution in [3.8, 4) is 0 Å². The van der Waals surface area contributed by atoms with Gasteiger partial charge in [0.05, 0.1) is 26.2 Å². The number of carboxylic acid groups (broad SMARTS) is 1. The first-order chi connectivity index (χ1) is 7.29. The topological polar surface area (TPSA) is 65.0 Å². The minimum atomic E-state index is -0.841. The third-order valence-electron chi connectivity index (χ3n) is 2.13. The van der Waals surface area contributed by atoms with Crippen LogP contribution in [0.4, 0.5) is 0 Å². The Morgan fingerprint density at radius 3 is 2.87 bits per heavy atom. The molecular formula is C10H18O5. The minimum absolute atomic E-state index is 0.0416. The molecular weight excluding hydrogens is 200 g/mol. The predicted molar refractivity (Wildman–Crippen MR) is 52.6 cm³/mol. The fraction of sp³-hybridized carbons (Fsp3) is 0.900. The van der Waals surface area contributed by atoms with E-state index < -0.39 is 5.97 Å². The molecule has 0 radical (unpaired) electrons. The highest BCUT2D eigenvalue weighted by Gasteiger charge is 2.13. The number of ether oxygens (including phenoxy) is 3. The van der Waals surface area contributed by atoms with E-state index >= 15 is 0 Å². The third kappa shape index (κ3) is 6.43. The van der Waals surface area contributed by atoms with E-state index in [1.165, 1.54) is 0 Å². The zero-order valence-corrected chi connectivity index (χ0v) is 8.81. The summed E-state index contributed by atoms with van der Waals surface area (Å²) in [6.45, 7) is 1.90. The summed E-state index contributed by atoms with van der Waals surface area (Å²) in [5, 5.41) is 8.34. The summed E-state index contributed by atoms with van der Waals surface area (Å²) in [7, 11) is 0. The van der Waals surface area contributed by atoms with E-state index in [2.05, 4.69) is 0 Å². The molecule has 0 aromatic carbocycles. The van der Waals surface area contributed by atoms with E-state index in [0.717, 1.165) is 25.9 Å². The quantitative estimate of drug-likeness (QED) is 0.646. The fourth-order valence-corrected chi connectivity index (χ4v) is 1.34. The van der Waals surface area contributed by atoms with Gasteiger partial charge < -0.3 is 19.3 Å². The Labute approximate surface area is 89.3 Å². The van der Waals surface area contributed by atoms with Gasteiger partial charge in [0, 0.05) is 6.61 Å². The molecule has 1 aliphatic heterocycles. The van der Waals surface area contributed by atoms with Gasteiger partial charge >= 0.3 is 5.97 Å². The van der Waals surface area contributed by atoms with Crippen LogP contribution in [0, 0.1) is 0 Å². The van der Waals surface area contributed by atoms with Crippen molar-refractivity contribution in [2.24, 2.45) is 0 Å². The summed E-state index contributed by atoms with van der Waals surface area (Å²) >= 11 is 0. The molecule has 1 saturated heterocycles. The SMILES string of the molecule is O=C(O)CCOCCOC1CCCCO1. The summed E-state index contributed by atoms with van der Waals surface area (Å²) in [5.74, 6) is -0.841.